The summed E-state index contributed by atoms with van der Waals surface area (Å²) in [5.74, 6) is 0. The van der Waals surface area contributed by atoms with Crippen molar-refractivity contribution in [2.45, 2.75) is 38.0 Å². The molecule has 2 aliphatic heterocycles. The van der Waals surface area contributed by atoms with E-state index in [-0.39, 0.29) is 5.60 Å². The molecule has 76 valence electrons. The van der Waals surface area contributed by atoms with Crippen LogP contribution in [-0.2, 0) is 4.74 Å². The Bertz CT molecular complexity index is 202. The minimum absolute atomic E-state index is 0.100. The zero-order valence-corrected chi connectivity index (χ0v) is 7.91. The molecule has 2 rings (SSSR count). The lowest BCUT2D eigenvalue weighted by Crippen LogP contribution is -2.37. The fraction of sp³-hybridized carbons (Fsp3) is 0.875. The second-order valence-electron chi connectivity index (χ2n) is 3.83. The van der Waals surface area contributed by atoms with Crippen LogP contribution in [-0.4, -0.2) is 35.5 Å². The third-order valence-electron chi connectivity index (χ3n) is 2.34. The lowest BCUT2D eigenvalue weighted by Gasteiger charge is -2.27. The van der Waals surface area contributed by atoms with Crippen LogP contribution in [0.4, 0.5) is 4.79 Å². The SMILES string of the molecule is CC1(C)OCCC2NC21.NC(=O)O. The van der Waals surface area contributed by atoms with Crippen molar-refractivity contribution < 1.29 is 14.6 Å². The molecule has 0 spiro atoms. The average molecular weight is 188 g/mol. The van der Waals surface area contributed by atoms with E-state index in [1.165, 1.54) is 6.42 Å². The van der Waals surface area contributed by atoms with Crippen LogP contribution in [0.2, 0.25) is 0 Å². The van der Waals surface area contributed by atoms with Crippen molar-refractivity contribution in [1.29, 1.82) is 0 Å². The Kier molecular flexibility index (Phi) is 2.77. The van der Waals surface area contributed by atoms with E-state index >= 15 is 0 Å². The summed E-state index contributed by atoms with van der Waals surface area (Å²) in [6.45, 7) is 5.24. The summed E-state index contributed by atoms with van der Waals surface area (Å²) in [5.41, 5.74) is 4.13. The van der Waals surface area contributed by atoms with Crippen molar-refractivity contribution in [1.82, 2.24) is 5.32 Å². The highest BCUT2D eigenvalue weighted by Gasteiger charge is 2.50. The van der Waals surface area contributed by atoms with E-state index in [0.717, 1.165) is 12.6 Å². The first-order valence-corrected chi connectivity index (χ1v) is 4.32. The van der Waals surface area contributed by atoms with Gasteiger partial charge in [-0.3, -0.25) is 0 Å². The topological polar surface area (TPSA) is 94.5 Å². The van der Waals surface area contributed by atoms with Gasteiger partial charge in [-0.1, -0.05) is 0 Å². The summed E-state index contributed by atoms with van der Waals surface area (Å²) < 4.78 is 5.56. The number of ether oxygens (including phenoxy) is 1. The quantitative estimate of drug-likeness (QED) is 0.471. The molecule has 2 heterocycles. The van der Waals surface area contributed by atoms with Gasteiger partial charge in [0.2, 0.25) is 0 Å². The van der Waals surface area contributed by atoms with Crippen molar-refractivity contribution in [3.05, 3.63) is 0 Å². The van der Waals surface area contributed by atoms with E-state index in [1.807, 2.05) is 0 Å². The molecule has 0 saturated carbocycles. The molecule has 0 radical (unpaired) electrons. The maximum atomic E-state index is 8.78. The fourth-order valence-corrected chi connectivity index (χ4v) is 1.65. The van der Waals surface area contributed by atoms with Gasteiger partial charge in [-0.05, 0) is 20.3 Å². The minimum atomic E-state index is -1.33. The number of nitrogens with two attached hydrogens (primary N) is 1. The number of carbonyl (C=O) groups is 1. The van der Waals surface area contributed by atoms with Crippen LogP contribution in [0.1, 0.15) is 20.3 Å². The number of fused-ring (bicyclic) bond motifs is 1. The maximum absolute atomic E-state index is 8.78. The molecule has 0 aromatic rings. The largest absolute Gasteiger partial charge is 0.465 e. The molecular weight excluding hydrogens is 172 g/mol. The third kappa shape index (κ3) is 2.86. The first-order chi connectivity index (χ1) is 5.93. The van der Waals surface area contributed by atoms with Crippen LogP contribution in [0, 0.1) is 0 Å². The Labute approximate surface area is 77.2 Å². The average Bonchev–Trinajstić information content (AvgIpc) is 2.64. The van der Waals surface area contributed by atoms with Crippen LogP contribution < -0.4 is 11.1 Å². The number of rotatable bonds is 0. The van der Waals surface area contributed by atoms with Crippen molar-refractivity contribution in [2.24, 2.45) is 5.73 Å². The molecule has 4 N–H and O–H groups in total. The standard InChI is InChI=1S/C7H13NO.CH3NO2/c1-7(2)6-5(8-6)3-4-9-7;2-1(3)4/h5-6,8H,3-4H2,1-2H3;2H2,(H,3,4). The highest BCUT2D eigenvalue weighted by molar-refractivity contribution is 5.61. The number of amides is 1. The van der Waals surface area contributed by atoms with Gasteiger partial charge in [0.05, 0.1) is 11.6 Å². The van der Waals surface area contributed by atoms with Crippen LogP contribution in [0.25, 0.3) is 0 Å². The summed E-state index contributed by atoms with van der Waals surface area (Å²) in [7, 11) is 0. The maximum Gasteiger partial charge on any atom is 0.402 e. The molecule has 5 nitrogen and oxygen atoms in total. The van der Waals surface area contributed by atoms with Crippen molar-refractivity contribution in [2.75, 3.05) is 6.61 Å². The van der Waals surface area contributed by atoms with E-state index in [2.05, 4.69) is 24.9 Å². The predicted octanol–water partition coefficient (Wildman–Crippen LogP) is 0.149. The zero-order valence-electron chi connectivity index (χ0n) is 7.91. The van der Waals surface area contributed by atoms with Crippen LogP contribution in [0.3, 0.4) is 0 Å². The smallest absolute Gasteiger partial charge is 0.402 e. The molecule has 13 heavy (non-hydrogen) atoms. The molecule has 5 heteroatoms. The Balaban J connectivity index is 0.000000184. The van der Waals surface area contributed by atoms with Crippen LogP contribution in [0.5, 0.6) is 0 Å². The van der Waals surface area contributed by atoms with Gasteiger partial charge in [0, 0.05) is 12.6 Å². The van der Waals surface area contributed by atoms with E-state index < -0.39 is 6.09 Å². The minimum Gasteiger partial charge on any atom is -0.465 e. The zero-order chi connectivity index (χ0) is 10.1. The number of nitrogens with one attached hydrogen (secondary N) is 1. The van der Waals surface area contributed by atoms with Gasteiger partial charge in [-0.15, -0.1) is 0 Å². The van der Waals surface area contributed by atoms with Crippen LogP contribution >= 0.6 is 0 Å². The van der Waals surface area contributed by atoms with Gasteiger partial charge in [0.1, 0.15) is 0 Å². The summed E-state index contributed by atoms with van der Waals surface area (Å²) in [6, 6.07) is 1.42. The number of carboxylic acid groups (broad SMARTS) is 1. The lowest BCUT2D eigenvalue weighted by molar-refractivity contribution is -0.0360. The van der Waals surface area contributed by atoms with Gasteiger partial charge in [0.25, 0.3) is 0 Å². The van der Waals surface area contributed by atoms with Crippen LogP contribution in [0.15, 0.2) is 0 Å². The monoisotopic (exact) mass is 188 g/mol. The van der Waals surface area contributed by atoms with Crippen molar-refractivity contribution in [3.63, 3.8) is 0 Å². The Morgan fingerprint density at radius 2 is 2.23 bits per heavy atom. The van der Waals surface area contributed by atoms with Gasteiger partial charge in [0.15, 0.2) is 0 Å². The molecular formula is C8H16N2O3. The first kappa shape index (κ1) is 10.3. The second-order valence-corrected chi connectivity index (χ2v) is 3.83. The number of primary amides is 1. The Morgan fingerprint density at radius 3 is 2.62 bits per heavy atom. The molecule has 0 bridgehead atoms. The third-order valence-corrected chi connectivity index (χ3v) is 2.34. The fourth-order valence-electron chi connectivity index (χ4n) is 1.65. The molecule has 2 atom stereocenters. The second kappa shape index (κ2) is 3.51. The van der Waals surface area contributed by atoms with Crippen molar-refractivity contribution >= 4 is 6.09 Å². The first-order valence-electron chi connectivity index (χ1n) is 4.32. The summed E-state index contributed by atoms with van der Waals surface area (Å²) in [6.07, 6.45) is -0.131. The predicted molar refractivity (Wildman–Crippen MR) is 47.6 cm³/mol. The molecule has 2 aliphatic rings. The summed E-state index contributed by atoms with van der Waals surface area (Å²) >= 11 is 0. The molecule has 2 saturated heterocycles. The lowest BCUT2D eigenvalue weighted by atomic mass is 9.98. The van der Waals surface area contributed by atoms with E-state index in [9.17, 15) is 0 Å². The molecule has 0 aromatic carbocycles. The summed E-state index contributed by atoms with van der Waals surface area (Å²) in [5, 5.41) is 10.6. The summed E-state index contributed by atoms with van der Waals surface area (Å²) in [4.78, 5) is 8.78. The Hall–Kier alpha value is -0.810. The molecule has 0 aliphatic carbocycles. The molecule has 2 fully saturated rings. The van der Waals surface area contributed by atoms with Gasteiger partial charge < -0.3 is 20.9 Å². The van der Waals surface area contributed by atoms with E-state index in [0.29, 0.717) is 6.04 Å². The molecule has 0 aromatic heterocycles. The number of hydrogen-bond donors (Lipinski definition) is 3. The normalized spacial score (nSPS) is 33.7. The van der Waals surface area contributed by atoms with Crippen molar-refractivity contribution in [3.8, 4) is 0 Å². The Morgan fingerprint density at radius 1 is 1.69 bits per heavy atom. The van der Waals surface area contributed by atoms with E-state index in [1.54, 1.807) is 0 Å². The number of hydrogen-bond acceptors (Lipinski definition) is 3. The van der Waals surface area contributed by atoms with Gasteiger partial charge in [-0.25, -0.2) is 4.79 Å². The molecule has 2 unspecified atom stereocenters. The van der Waals surface area contributed by atoms with Gasteiger partial charge >= 0.3 is 6.09 Å². The van der Waals surface area contributed by atoms with E-state index in [4.69, 9.17) is 14.6 Å². The highest BCUT2D eigenvalue weighted by atomic mass is 16.5. The molecule has 1 amide bonds. The van der Waals surface area contributed by atoms with Gasteiger partial charge in [-0.2, -0.15) is 0 Å². The highest BCUT2D eigenvalue weighted by Crippen LogP contribution is 2.33.